The minimum Gasteiger partial charge on any atom is -0.389 e. The third kappa shape index (κ3) is 3.46. The summed E-state index contributed by atoms with van der Waals surface area (Å²) in [6.07, 6.45) is 0. The first kappa shape index (κ1) is 14.3. The van der Waals surface area contributed by atoms with Gasteiger partial charge < -0.3 is 4.84 Å². The average Bonchev–Trinajstić information content (AvgIpc) is 2.54. The molecule has 0 aliphatic rings. The van der Waals surface area contributed by atoms with Crippen LogP contribution in [0.3, 0.4) is 0 Å². The lowest BCUT2D eigenvalue weighted by atomic mass is 9.97. The van der Waals surface area contributed by atoms with Crippen LogP contribution in [0.4, 0.5) is 0 Å². The van der Waals surface area contributed by atoms with E-state index in [0.717, 1.165) is 22.3 Å². The number of nitriles is 2. The van der Waals surface area contributed by atoms with Gasteiger partial charge in [0.2, 0.25) is 0 Å². The second-order valence-electron chi connectivity index (χ2n) is 4.39. The molecular formula is C17H13N3O. The third-order valence-corrected chi connectivity index (χ3v) is 3.12. The van der Waals surface area contributed by atoms with E-state index in [0.29, 0.717) is 0 Å². The molecule has 4 heteroatoms. The number of hydrogen-bond donors (Lipinski definition) is 0. The summed E-state index contributed by atoms with van der Waals surface area (Å²) in [5.41, 5.74) is 4.04. The summed E-state index contributed by atoms with van der Waals surface area (Å²) in [4.78, 5) is 5.08. The van der Waals surface area contributed by atoms with Crippen molar-refractivity contribution in [1.82, 2.24) is 0 Å². The summed E-state index contributed by atoms with van der Waals surface area (Å²) in [6, 6.07) is 19.3. The van der Waals surface area contributed by atoms with Gasteiger partial charge in [-0.05, 0) is 29.2 Å². The van der Waals surface area contributed by atoms with Crippen molar-refractivity contribution in [2.75, 3.05) is 0 Å². The first-order valence-corrected chi connectivity index (χ1v) is 6.40. The monoisotopic (exact) mass is 275 g/mol. The van der Waals surface area contributed by atoms with Gasteiger partial charge in [0.15, 0.2) is 0 Å². The highest BCUT2D eigenvalue weighted by Crippen LogP contribution is 2.25. The van der Waals surface area contributed by atoms with E-state index in [-0.39, 0.29) is 12.3 Å². The van der Waals surface area contributed by atoms with Crippen LogP contribution in [0.2, 0.25) is 0 Å². The Bertz CT molecular complexity index is 721. The summed E-state index contributed by atoms with van der Waals surface area (Å²) < 4.78 is 0. The van der Waals surface area contributed by atoms with E-state index >= 15 is 0 Å². The molecule has 2 aromatic carbocycles. The van der Waals surface area contributed by atoms with Gasteiger partial charge in [0, 0.05) is 0 Å². The molecular weight excluding hydrogens is 262 g/mol. The standard InChI is InChI=1S/C17H13N3O/c1-13-15(12-21-20-16(10-18)11-19)8-5-9-17(13)14-6-3-2-4-7-14/h2-9H,12H2,1H3. The van der Waals surface area contributed by atoms with E-state index in [1.165, 1.54) is 0 Å². The molecule has 0 saturated heterocycles. The molecule has 21 heavy (non-hydrogen) atoms. The average molecular weight is 275 g/mol. The van der Waals surface area contributed by atoms with Crippen LogP contribution in [0.25, 0.3) is 11.1 Å². The molecule has 0 aromatic heterocycles. The predicted molar refractivity (Wildman–Crippen MR) is 80.1 cm³/mol. The highest BCUT2D eigenvalue weighted by Gasteiger charge is 2.06. The van der Waals surface area contributed by atoms with Gasteiger partial charge in [-0.15, -0.1) is 0 Å². The molecule has 0 aliphatic carbocycles. The van der Waals surface area contributed by atoms with Gasteiger partial charge >= 0.3 is 0 Å². The second-order valence-corrected chi connectivity index (χ2v) is 4.39. The quantitative estimate of drug-likeness (QED) is 0.632. The number of rotatable bonds is 4. The summed E-state index contributed by atoms with van der Waals surface area (Å²) in [5.74, 6) is 0. The number of oxime groups is 1. The molecule has 0 aliphatic heterocycles. The zero-order chi connectivity index (χ0) is 15.1. The zero-order valence-electron chi connectivity index (χ0n) is 11.6. The summed E-state index contributed by atoms with van der Waals surface area (Å²) in [7, 11) is 0. The van der Waals surface area contributed by atoms with E-state index in [2.05, 4.69) is 17.3 Å². The fraction of sp³-hybridized carbons (Fsp3) is 0.118. The Hall–Kier alpha value is -3.11. The molecule has 102 valence electrons. The van der Waals surface area contributed by atoms with Crippen LogP contribution < -0.4 is 0 Å². The minimum absolute atomic E-state index is 0.222. The third-order valence-electron chi connectivity index (χ3n) is 3.12. The van der Waals surface area contributed by atoms with Crippen LogP contribution in [-0.2, 0) is 11.4 Å². The number of benzene rings is 2. The number of hydrogen-bond acceptors (Lipinski definition) is 4. The Morgan fingerprint density at radius 3 is 2.43 bits per heavy atom. The normalized spacial score (nSPS) is 9.29. The topological polar surface area (TPSA) is 69.2 Å². The minimum atomic E-state index is -0.285. The maximum atomic E-state index is 8.59. The predicted octanol–water partition coefficient (Wildman–Crippen LogP) is 3.58. The van der Waals surface area contributed by atoms with Crippen LogP contribution in [0, 0.1) is 29.6 Å². The molecule has 0 amide bonds. The van der Waals surface area contributed by atoms with Gasteiger partial charge in [-0.1, -0.05) is 53.7 Å². The van der Waals surface area contributed by atoms with Crippen LogP contribution in [0.15, 0.2) is 53.7 Å². The Kier molecular flexibility index (Phi) is 4.69. The van der Waals surface area contributed by atoms with E-state index in [1.807, 2.05) is 43.3 Å². The molecule has 0 saturated carbocycles. The lowest BCUT2D eigenvalue weighted by Gasteiger charge is -2.10. The zero-order valence-corrected chi connectivity index (χ0v) is 11.6. The van der Waals surface area contributed by atoms with Crippen molar-refractivity contribution < 1.29 is 4.84 Å². The maximum Gasteiger partial charge on any atom is 0.256 e. The largest absolute Gasteiger partial charge is 0.389 e. The summed E-state index contributed by atoms with van der Waals surface area (Å²) in [6.45, 7) is 2.24. The van der Waals surface area contributed by atoms with Crippen LogP contribution >= 0.6 is 0 Å². The lowest BCUT2D eigenvalue weighted by Crippen LogP contribution is -1.96. The van der Waals surface area contributed by atoms with Gasteiger partial charge in [0.05, 0.1) is 0 Å². The van der Waals surface area contributed by atoms with Gasteiger partial charge in [0.25, 0.3) is 5.71 Å². The van der Waals surface area contributed by atoms with Gasteiger partial charge in [0.1, 0.15) is 18.7 Å². The highest BCUT2D eigenvalue weighted by atomic mass is 16.6. The van der Waals surface area contributed by atoms with E-state index in [4.69, 9.17) is 15.4 Å². The fourth-order valence-corrected chi connectivity index (χ4v) is 2.00. The molecule has 0 atom stereocenters. The first-order chi connectivity index (χ1) is 10.3. The van der Waals surface area contributed by atoms with Crippen LogP contribution in [0.1, 0.15) is 11.1 Å². The van der Waals surface area contributed by atoms with Gasteiger partial charge in [-0.25, -0.2) is 0 Å². The Morgan fingerprint density at radius 2 is 1.76 bits per heavy atom. The second kappa shape index (κ2) is 6.88. The molecule has 0 unspecified atom stereocenters. The van der Waals surface area contributed by atoms with Gasteiger partial charge in [-0.2, -0.15) is 10.5 Å². The van der Waals surface area contributed by atoms with Crippen molar-refractivity contribution in [3.8, 4) is 23.3 Å². The lowest BCUT2D eigenvalue weighted by molar-refractivity contribution is 0.131. The van der Waals surface area contributed by atoms with Crippen molar-refractivity contribution in [3.05, 3.63) is 59.7 Å². The molecule has 0 N–H and O–H groups in total. The van der Waals surface area contributed by atoms with E-state index in [1.54, 1.807) is 12.1 Å². The fourth-order valence-electron chi connectivity index (χ4n) is 2.00. The van der Waals surface area contributed by atoms with Crippen molar-refractivity contribution >= 4 is 5.71 Å². The molecule has 0 bridgehead atoms. The maximum absolute atomic E-state index is 8.59. The number of nitrogens with zero attached hydrogens (tertiary/aromatic N) is 3. The Morgan fingerprint density at radius 1 is 1.05 bits per heavy atom. The molecule has 0 fully saturated rings. The summed E-state index contributed by atoms with van der Waals surface area (Å²) in [5, 5.41) is 20.7. The molecule has 0 spiro atoms. The van der Waals surface area contributed by atoms with Crippen molar-refractivity contribution in [2.45, 2.75) is 13.5 Å². The van der Waals surface area contributed by atoms with Crippen LogP contribution in [-0.4, -0.2) is 5.71 Å². The smallest absolute Gasteiger partial charge is 0.256 e. The molecule has 2 aromatic rings. The van der Waals surface area contributed by atoms with E-state index in [9.17, 15) is 0 Å². The molecule has 2 rings (SSSR count). The summed E-state index contributed by atoms with van der Waals surface area (Å²) >= 11 is 0. The first-order valence-electron chi connectivity index (χ1n) is 6.40. The van der Waals surface area contributed by atoms with Gasteiger partial charge in [-0.3, -0.25) is 0 Å². The van der Waals surface area contributed by atoms with E-state index < -0.39 is 0 Å². The Balaban J connectivity index is 2.22. The highest BCUT2D eigenvalue weighted by molar-refractivity contribution is 6.09. The Labute approximate surface area is 123 Å². The van der Waals surface area contributed by atoms with Crippen molar-refractivity contribution in [2.24, 2.45) is 5.16 Å². The SMILES string of the molecule is Cc1c(CON=C(C#N)C#N)cccc1-c1ccccc1. The van der Waals surface area contributed by atoms with Crippen LogP contribution in [0.5, 0.6) is 0 Å². The molecule has 0 heterocycles. The molecule has 0 radical (unpaired) electrons. The van der Waals surface area contributed by atoms with Crippen molar-refractivity contribution in [3.63, 3.8) is 0 Å². The molecule has 4 nitrogen and oxygen atoms in total. The van der Waals surface area contributed by atoms with Crippen molar-refractivity contribution in [1.29, 1.82) is 10.5 Å².